The van der Waals surface area contributed by atoms with Crippen LogP contribution in [0.1, 0.15) is 79.6 Å². The van der Waals surface area contributed by atoms with Crippen molar-refractivity contribution in [2.75, 3.05) is 26.2 Å². The molecule has 2 aliphatic heterocycles. The zero-order chi connectivity index (χ0) is 17.2. The Bertz CT molecular complexity index is 293. The molecule has 3 heteroatoms. The molecule has 2 nitrogen and oxygen atoms in total. The lowest BCUT2D eigenvalue weighted by molar-refractivity contribution is 0.0654. The zero-order valence-electron chi connectivity index (χ0n) is 16.4. The van der Waals surface area contributed by atoms with E-state index < -0.39 is 6.17 Å². The zero-order valence-corrected chi connectivity index (χ0v) is 16.4. The number of piperazine rings is 1. The smallest absolute Gasteiger partial charge is 0.114 e. The van der Waals surface area contributed by atoms with Gasteiger partial charge in [-0.1, -0.05) is 60.3 Å². The van der Waals surface area contributed by atoms with Gasteiger partial charge in [0.05, 0.1) is 0 Å². The Morgan fingerprint density at radius 2 is 1.70 bits per heavy atom. The van der Waals surface area contributed by atoms with Crippen LogP contribution in [0, 0.1) is 5.92 Å². The molecule has 2 rings (SSSR count). The molecule has 0 amide bonds. The Kier molecular flexibility index (Phi) is 10.4. The van der Waals surface area contributed by atoms with Crippen molar-refractivity contribution < 1.29 is 4.39 Å². The summed E-state index contributed by atoms with van der Waals surface area (Å²) in [6, 6.07) is 1.23. The summed E-state index contributed by atoms with van der Waals surface area (Å²) in [4.78, 5) is 5.01. The first-order valence-corrected chi connectivity index (χ1v) is 10.1. The molecule has 138 valence electrons. The number of halogens is 1. The first-order valence-electron chi connectivity index (χ1n) is 10.1. The quantitative estimate of drug-likeness (QED) is 0.598. The Morgan fingerprint density at radius 1 is 1.00 bits per heavy atom. The van der Waals surface area contributed by atoms with E-state index in [1.165, 1.54) is 38.5 Å². The second-order valence-electron chi connectivity index (χ2n) is 8.12. The minimum absolute atomic E-state index is 0.494. The van der Waals surface area contributed by atoms with Crippen LogP contribution in [0.4, 0.5) is 4.39 Å². The highest BCUT2D eigenvalue weighted by Gasteiger charge is 2.37. The van der Waals surface area contributed by atoms with Gasteiger partial charge in [-0.3, -0.25) is 9.80 Å². The predicted molar refractivity (Wildman–Crippen MR) is 99.8 cm³/mol. The third kappa shape index (κ3) is 7.98. The minimum atomic E-state index is -0.574. The van der Waals surface area contributed by atoms with Gasteiger partial charge in [-0.25, -0.2) is 4.39 Å². The molecule has 0 saturated carbocycles. The Morgan fingerprint density at radius 3 is 2.30 bits per heavy atom. The van der Waals surface area contributed by atoms with Crippen molar-refractivity contribution >= 4 is 0 Å². The van der Waals surface area contributed by atoms with Gasteiger partial charge in [-0.05, 0) is 25.2 Å². The maximum atomic E-state index is 13.5. The second-order valence-corrected chi connectivity index (χ2v) is 8.12. The summed E-state index contributed by atoms with van der Waals surface area (Å²) in [5, 5.41) is 0. The van der Waals surface area contributed by atoms with Crippen LogP contribution in [0.15, 0.2) is 0 Å². The molecule has 3 atom stereocenters. The largest absolute Gasteiger partial charge is 0.298 e. The first kappa shape index (κ1) is 20.9. The molecular weight excluding hydrogens is 287 g/mol. The van der Waals surface area contributed by atoms with E-state index in [9.17, 15) is 4.39 Å². The molecule has 0 aromatic rings. The molecule has 2 fully saturated rings. The molecule has 0 aromatic carbocycles. The van der Waals surface area contributed by atoms with E-state index >= 15 is 0 Å². The first-order chi connectivity index (χ1) is 11.0. The molecule has 3 unspecified atom stereocenters. The molecule has 0 N–H and O–H groups in total. The summed E-state index contributed by atoms with van der Waals surface area (Å²) in [6.45, 7) is 15.1. The third-order valence-corrected chi connectivity index (χ3v) is 4.98. The highest BCUT2D eigenvalue weighted by atomic mass is 19.1. The number of hydrogen-bond acceptors (Lipinski definition) is 2. The second kappa shape index (κ2) is 11.4. The van der Waals surface area contributed by atoms with Crippen LogP contribution in [0.3, 0.4) is 0 Å². The summed E-state index contributed by atoms with van der Waals surface area (Å²) >= 11 is 0. The molecule has 2 heterocycles. The number of nitrogens with zero attached hydrogens (tertiary/aromatic N) is 2. The molecule has 0 bridgehead atoms. The summed E-state index contributed by atoms with van der Waals surface area (Å²) in [5.74, 6) is 0.833. The standard InChI is InChI=1S/C16H31FN2.C4H10/c1-3-5-6-7-8-15(4-2)19-10-9-18-12-14(17)11-16(18)13-19;1-4(2)3/h14-16H,3-13H2,1-2H3;4H,1-3H3. The van der Waals surface area contributed by atoms with E-state index in [2.05, 4.69) is 44.4 Å². The number of unbranched alkanes of at least 4 members (excludes halogenated alkanes) is 3. The SMILES string of the molecule is CC(C)C.CCCCCCC(CC)N1CCN2CC(F)CC2C1. The molecule has 0 radical (unpaired) electrons. The maximum Gasteiger partial charge on any atom is 0.114 e. The summed E-state index contributed by atoms with van der Waals surface area (Å²) < 4.78 is 13.5. The summed E-state index contributed by atoms with van der Waals surface area (Å²) in [7, 11) is 0. The van der Waals surface area contributed by atoms with Crippen molar-refractivity contribution in [3.8, 4) is 0 Å². The van der Waals surface area contributed by atoms with Crippen LogP contribution >= 0.6 is 0 Å². The molecule has 0 spiro atoms. The lowest BCUT2D eigenvalue weighted by Crippen LogP contribution is -2.53. The number of alkyl halides is 1. The highest BCUT2D eigenvalue weighted by Crippen LogP contribution is 2.26. The number of rotatable bonds is 7. The van der Waals surface area contributed by atoms with E-state index in [0.717, 1.165) is 38.0 Å². The third-order valence-electron chi connectivity index (χ3n) is 4.98. The van der Waals surface area contributed by atoms with Gasteiger partial charge in [0.1, 0.15) is 6.17 Å². The van der Waals surface area contributed by atoms with Gasteiger partial charge in [0.2, 0.25) is 0 Å². The number of hydrogen-bond donors (Lipinski definition) is 0. The molecular formula is C20H41FN2. The van der Waals surface area contributed by atoms with Gasteiger partial charge < -0.3 is 0 Å². The Hall–Kier alpha value is -0.150. The summed E-state index contributed by atoms with van der Waals surface area (Å²) in [6.07, 6.45) is 8.20. The lowest BCUT2D eigenvalue weighted by Gasteiger charge is -2.41. The maximum absolute atomic E-state index is 13.5. The van der Waals surface area contributed by atoms with Crippen molar-refractivity contribution in [2.24, 2.45) is 5.92 Å². The van der Waals surface area contributed by atoms with Crippen molar-refractivity contribution in [1.29, 1.82) is 0 Å². The number of fused-ring (bicyclic) bond motifs is 1. The van der Waals surface area contributed by atoms with Crippen molar-refractivity contribution in [1.82, 2.24) is 9.80 Å². The van der Waals surface area contributed by atoms with Crippen LogP contribution in [0.5, 0.6) is 0 Å². The van der Waals surface area contributed by atoms with Gasteiger partial charge in [0.15, 0.2) is 0 Å². The van der Waals surface area contributed by atoms with E-state index in [1.54, 1.807) is 0 Å². The Balaban J connectivity index is 0.000000593. The fourth-order valence-corrected chi connectivity index (χ4v) is 3.79. The van der Waals surface area contributed by atoms with E-state index in [4.69, 9.17) is 0 Å². The molecule has 0 aliphatic carbocycles. The van der Waals surface area contributed by atoms with Crippen LogP contribution in [0.25, 0.3) is 0 Å². The van der Waals surface area contributed by atoms with E-state index in [0.29, 0.717) is 12.6 Å². The van der Waals surface area contributed by atoms with Gasteiger partial charge in [-0.2, -0.15) is 0 Å². The normalized spacial score (nSPS) is 26.7. The topological polar surface area (TPSA) is 6.48 Å². The van der Waals surface area contributed by atoms with Crippen molar-refractivity contribution in [2.45, 2.75) is 97.8 Å². The molecule has 0 aromatic heterocycles. The fourth-order valence-electron chi connectivity index (χ4n) is 3.79. The van der Waals surface area contributed by atoms with Gasteiger partial charge in [0.25, 0.3) is 0 Å². The van der Waals surface area contributed by atoms with Crippen molar-refractivity contribution in [3.05, 3.63) is 0 Å². The molecule has 2 saturated heterocycles. The van der Waals surface area contributed by atoms with E-state index in [-0.39, 0.29) is 0 Å². The van der Waals surface area contributed by atoms with Gasteiger partial charge >= 0.3 is 0 Å². The average molecular weight is 329 g/mol. The Labute approximate surface area is 144 Å². The monoisotopic (exact) mass is 328 g/mol. The summed E-state index contributed by atoms with van der Waals surface area (Å²) in [5.41, 5.74) is 0. The molecule has 23 heavy (non-hydrogen) atoms. The van der Waals surface area contributed by atoms with Crippen LogP contribution in [-0.4, -0.2) is 54.2 Å². The average Bonchev–Trinajstić information content (AvgIpc) is 2.86. The molecule has 2 aliphatic rings. The van der Waals surface area contributed by atoms with Gasteiger partial charge in [-0.15, -0.1) is 0 Å². The van der Waals surface area contributed by atoms with E-state index in [1.807, 2.05) is 0 Å². The lowest BCUT2D eigenvalue weighted by atomic mass is 10.0. The van der Waals surface area contributed by atoms with Crippen LogP contribution in [0.2, 0.25) is 0 Å². The highest BCUT2D eigenvalue weighted by molar-refractivity contribution is 4.92. The van der Waals surface area contributed by atoms with Crippen molar-refractivity contribution in [3.63, 3.8) is 0 Å². The van der Waals surface area contributed by atoms with Crippen LogP contribution in [-0.2, 0) is 0 Å². The fraction of sp³-hybridized carbons (Fsp3) is 1.00. The minimum Gasteiger partial charge on any atom is -0.298 e. The predicted octanol–water partition coefficient (Wildman–Crippen LogP) is 5.13. The van der Waals surface area contributed by atoms with Crippen LogP contribution < -0.4 is 0 Å². The van der Waals surface area contributed by atoms with Gasteiger partial charge in [0, 0.05) is 38.3 Å².